The Hall–Kier alpha value is -2.25. The molecule has 6 nitrogen and oxygen atoms in total. The van der Waals surface area contributed by atoms with E-state index < -0.39 is 12.2 Å². The molecule has 130 valence electrons. The summed E-state index contributed by atoms with van der Waals surface area (Å²) in [7, 11) is 0. The number of fused-ring (bicyclic) bond motifs is 1. The molecule has 0 radical (unpaired) electrons. The molecule has 3 heterocycles. The van der Waals surface area contributed by atoms with E-state index in [0.29, 0.717) is 36.9 Å². The van der Waals surface area contributed by atoms with Crippen molar-refractivity contribution in [3.8, 4) is 0 Å². The number of alkyl halides is 1. The Balaban J connectivity index is 1.74. The highest BCUT2D eigenvalue weighted by molar-refractivity contribution is 6.30. The second-order valence-electron chi connectivity index (χ2n) is 6.22. The fourth-order valence-electron chi connectivity index (χ4n) is 3.16. The zero-order valence-electron chi connectivity index (χ0n) is 13.5. The maximum Gasteiger partial charge on any atom is 0.207 e. The molecule has 1 aromatic carbocycles. The standard InChI is InChI=1S/C17H18ClFN6/c18-11-7-21-16(22-8-11)10-25-15-4-2-1-3-14(15)23-17(25)24-6-5-12(19)13(20)9-24/h1-4,7-8,12-13H,5-6,9-10,20H2. The smallest absolute Gasteiger partial charge is 0.207 e. The molecule has 4 rings (SSSR count). The number of rotatable bonds is 3. The van der Waals surface area contributed by atoms with Crippen LogP contribution in [0.5, 0.6) is 0 Å². The zero-order valence-corrected chi connectivity index (χ0v) is 14.3. The van der Waals surface area contributed by atoms with Crippen molar-refractivity contribution < 1.29 is 4.39 Å². The SMILES string of the molecule is NC1CN(c2nc3ccccc3n2Cc2ncc(Cl)cn2)CCC1F. The van der Waals surface area contributed by atoms with Crippen molar-refractivity contribution in [2.45, 2.75) is 25.2 Å². The van der Waals surface area contributed by atoms with Crippen molar-refractivity contribution in [2.24, 2.45) is 5.73 Å². The largest absolute Gasteiger partial charge is 0.340 e. The number of hydrogen-bond donors (Lipinski definition) is 1. The molecule has 8 heteroatoms. The van der Waals surface area contributed by atoms with E-state index in [2.05, 4.69) is 9.97 Å². The van der Waals surface area contributed by atoms with Crippen LogP contribution in [-0.4, -0.2) is 44.8 Å². The summed E-state index contributed by atoms with van der Waals surface area (Å²) in [4.78, 5) is 15.3. The third-order valence-corrected chi connectivity index (χ3v) is 4.66. The molecule has 3 aromatic rings. The number of hydrogen-bond acceptors (Lipinski definition) is 5. The molecule has 1 aliphatic heterocycles. The molecule has 25 heavy (non-hydrogen) atoms. The van der Waals surface area contributed by atoms with E-state index in [1.165, 1.54) is 0 Å². The number of imidazole rings is 1. The molecule has 0 aliphatic carbocycles. The molecule has 2 atom stereocenters. The molecule has 2 N–H and O–H groups in total. The Morgan fingerprint density at radius 2 is 2.00 bits per heavy atom. The van der Waals surface area contributed by atoms with E-state index in [4.69, 9.17) is 22.3 Å². The first-order chi connectivity index (χ1) is 12.1. The second kappa shape index (κ2) is 6.57. The van der Waals surface area contributed by atoms with Crippen molar-refractivity contribution in [2.75, 3.05) is 18.0 Å². The van der Waals surface area contributed by atoms with Gasteiger partial charge in [0.2, 0.25) is 5.95 Å². The second-order valence-corrected chi connectivity index (χ2v) is 6.66. The number of piperidine rings is 1. The molecule has 1 fully saturated rings. The topological polar surface area (TPSA) is 72.9 Å². The van der Waals surface area contributed by atoms with E-state index in [0.717, 1.165) is 17.0 Å². The van der Waals surface area contributed by atoms with Crippen LogP contribution >= 0.6 is 11.6 Å². The molecule has 0 amide bonds. The zero-order chi connectivity index (χ0) is 17.4. The fourth-order valence-corrected chi connectivity index (χ4v) is 3.25. The molecule has 1 aliphatic rings. The normalized spacial score (nSPS) is 21.0. The average molecular weight is 361 g/mol. The predicted octanol–water partition coefficient (Wildman–Crippen LogP) is 2.40. The lowest BCUT2D eigenvalue weighted by molar-refractivity contribution is 0.243. The van der Waals surface area contributed by atoms with E-state index in [-0.39, 0.29) is 0 Å². The van der Waals surface area contributed by atoms with Crippen LogP contribution in [0, 0.1) is 0 Å². The maximum absolute atomic E-state index is 13.7. The minimum atomic E-state index is -0.964. The van der Waals surface area contributed by atoms with Gasteiger partial charge in [0, 0.05) is 25.5 Å². The van der Waals surface area contributed by atoms with Gasteiger partial charge in [0.15, 0.2) is 0 Å². The summed E-state index contributed by atoms with van der Waals surface area (Å²) >= 11 is 5.87. The summed E-state index contributed by atoms with van der Waals surface area (Å²) in [6.07, 6.45) is 2.59. The number of nitrogens with two attached hydrogens (primary N) is 1. The Bertz CT molecular complexity index is 880. The molecular weight excluding hydrogens is 343 g/mol. The van der Waals surface area contributed by atoms with Crippen LogP contribution in [0.2, 0.25) is 5.02 Å². The lowest BCUT2D eigenvalue weighted by atomic mass is 10.1. The van der Waals surface area contributed by atoms with E-state index >= 15 is 0 Å². The summed E-state index contributed by atoms with van der Waals surface area (Å²) < 4.78 is 15.8. The Labute approximate surface area is 149 Å². The quantitative estimate of drug-likeness (QED) is 0.776. The van der Waals surface area contributed by atoms with Gasteiger partial charge in [-0.15, -0.1) is 0 Å². The molecule has 0 saturated carbocycles. The number of para-hydroxylation sites is 2. The molecule has 2 unspecified atom stereocenters. The monoisotopic (exact) mass is 360 g/mol. The van der Waals surface area contributed by atoms with Gasteiger partial charge in [-0.1, -0.05) is 23.7 Å². The first kappa shape index (κ1) is 16.2. The van der Waals surface area contributed by atoms with Gasteiger partial charge in [-0.05, 0) is 18.6 Å². The van der Waals surface area contributed by atoms with Gasteiger partial charge in [0.1, 0.15) is 12.0 Å². The van der Waals surface area contributed by atoms with Crippen molar-refractivity contribution in [3.05, 3.63) is 47.5 Å². The Morgan fingerprint density at radius 3 is 2.76 bits per heavy atom. The highest BCUT2D eigenvalue weighted by Crippen LogP contribution is 2.26. The summed E-state index contributed by atoms with van der Waals surface area (Å²) in [5, 5.41) is 0.496. The number of aromatic nitrogens is 4. The number of benzene rings is 1. The minimum absolute atomic E-state index is 0.405. The van der Waals surface area contributed by atoms with E-state index in [9.17, 15) is 4.39 Å². The maximum atomic E-state index is 13.7. The van der Waals surface area contributed by atoms with Gasteiger partial charge in [0.05, 0.1) is 28.6 Å². The predicted molar refractivity (Wildman–Crippen MR) is 95.6 cm³/mol. The van der Waals surface area contributed by atoms with E-state index in [1.54, 1.807) is 12.4 Å². The summed E-state index contributed by atoms with van der Waals surface area (Å²) in [5.41, 5.74) is 7.78. The third kappa shape index (κ3) is 3.17. The van der Waals surface area contributed by atoms with Crippen molar-refractivity contribution >= 4 is 28.6 Å². The van der Waals surface area contributed by atoms with Crippen molar-refractivity contribution in [1.82, 2.24) is 19.5 Å². The van der Waals surface area contributed by atoms with Crippen molar-refractivity contribution in [1.29, 1.82) is 0 Å². The van der Waals surface area contributed by atoms with Crippen molar-refractivity contribution in [3.63, 3.8) is 0 Å². The first-order valence-corrected chi connectivity index (χ1v) is 8.56. The van der Waals surface area contributed by atoms with Gasteiger partial charge >= 0.3 is 0 Å². The summed E-state index contributed by atoms with van der Waals surface area (Å²) in [6.45, 7) is 1.48. The van der Waals surface area contributed by atoms with Gasteiger partial charge in [0.25, 0.3) is 0 Å². The van der Waals surface area contributed by atoms with Crippen LogP contribution in [0.25, 0.3) is 11.0 Å². The van der Waals surface area contributed by atoms with Crippen LogP contribution in [-0.2, 0) is 6.54 Å². The van der Waals surface area contributed by atoms with Gasteiger partial charge in [-0.3, -0.25) is 0 Å². The first-order valence-electron chi connectivity index (χ1n) is 8.18. The van der Waals surface area contributed by atoms with E-state index in [1.807, 2.05) is 33.7 Å². The molecule has 2 aromatic heterocycles. The molecule has 1 saturated heterocycles. The number of anilines is 1. The average Bonchev–Trinajstić information content (AvgIpc) is 2.98. The lowest BCUT2D eigenvalue weighted by Crippen LogP contribution is -2.50. The van der Waals surface area contributed by atoms with Crippen LogP contribution in [0.3, 0.4) is 0 Å². The summed E-state index contributed by atoms with van der Waals surface area (Å²) in [5.74, 6) is 1.40. The molecular formula is C17H18ClFN6. The van der Waals surface area contributed by atoms with Crippen LogP contribution in [0.1, 0.15) is 12.2 Å². The van der Waals surface area contributed by atoms with Crippen LogP contribution in [0.4, 0.5) is 10.3 Å². The van der Waals surface area contributed by atoms with Gasteiger partial charge in [-0.2, -0.15) is 0 Å². The lowest BCUT2D eigenvalue weighted by Gasteiger charge is -2.34. The fraction of sp³-hybridized carbons (Fsp3) is 0.353. The van der Waals surface area contributed by atoms with Crippen LogP contribution in [0.15, 0.2) is 36.7 Å². The van der Waals surface area contributed by atoms with Gasteiger partial charge in [-0.25, -0.2) is 19.3 Å². The molecule has 0 spiro atoms. The Morgan fingerprint density at radius 1 is 1.24 bits per heavy atom. The minimum Gasteiger partial charge on any atom is -0.340 e. The summed E-state index contributed by atoms with van der Waals surface area (Å²) in [6, 6.07) is 7.37. The number of nitrogens with zero attached hydrogens (tertiary/aromatic N) is 5. The van der Waals surface area contributed by atoms with Gasteiger partial charge < -0.3 is 15.2 Å². The molecule has 0 bridgehead atoms. The Kier molecular flexibility index (Phi) is 4.27. The highest BCUT2D eigenvalue weighted by atomic mass is 35.5. The third-order valence-electron chi connectivity index (χ3n) is 4.46. The highest BCUT2D eigenvalue weighted by Gasteiger charge is 2.29. The van der Waals surface area contributed by atoms with Crippen LogP contribution < -0.4 is 10.6 Å². The number of halogens is 2.